The molecule has 0 saturated carbocycles. The van der Waals surface area contributed by atoms with Crippen molar-refractivity contribution in [2.45, 2.75) is 51.2 Å². The van der Waals surface area contributed by atoms with Crippen LogP contribution >= 0.6 is 0 Å². The topological polar surface area (TPSA) is 41.1 Å². The lowest BCUT2D eigenvalue weighted by atomic mass is 9.88. The third-order valence-electron chi connectivity index (χ3n) is 3.07. The van der Waals surface area contributed by atoms with Gasteiger partial charge < -0.3 is 10.6 Å². The second-order valence-electron chi connectivity index (χ2n) is 4.55. The fraction of sp³-hybridized carbons (Fsp3) is 0.900. The average Bonchev–Trinajstić information content (AvgIpc) is 2.62. The summed E-state index contributed by atoms with van der Waals surface area (Å²) in [5.41, 5.74) is 0. The summed E-state index contributed by atoms with van der Waals surface area (Å²) in [7, 11) is 0. The van der Waals surface area contributed by atoms with Gasteiger partial charge in [0.15, 0.2) is 0 Å². The lowest BCUT2D eigenvalue weighted by Crippen LogP contribution is -2.40. The molecule has 0 spiro atoms. The summed E-state index contributed by atoms with van der Waals surface area (Å²) in [4.78, 5) is 11.7. The van der Waals surface area contributed by atoms with Crippen molar-refractivity contribution in [3.05, 3.63) is 0 Å². The molecule has 2 aliphatic rings. The Labute approximate surface area is 79.3 Å². The summed E-state index contributed by atoms with van der Waals surface area (Å²) >= 11 is 0. The summed E-state index contributed by atoms with van der Waals surface area (Å²) in [6, 6.07) is 1.35. The van der Waals surface area contributed by atoms with Crippen LogP contribution in [0, 0.1) is 5.92 Å². The molecule has 0 radical (unpaired) electrons. The van der Waals surface area contributed by atoms with Crippen LogP contribution in [0.1, 0.15) is 33.1 Å². The molecule has 3 atom stereocenters. The molecule has 0 aromatic rings. The zero-order valence-corrected chi connectivity index (χ0v) is 8.34. The van der Waals surface area contributed by atoms with Crippen molar-refractivity contribution in [2.75, 3.05) is 0 Å². The highest BCUT2D eigenvalue weighted by atomic mass is 16.2. The monoisotopic (exact) mass is 182 g/mol. The summed E-state index contributed by atoms with van der Waals surface area (Å²) in [6.07, 6.45) is 3.49. The van der Waals surface area contributed by atoms with E-state index in [0.717, 1.165) is 6.42 Å². The van der Waals surface area contributed by atoms with Gasteiger partial charge in [-0.25, -0.2) is 0 Å². The van der Waals surface area contributed by atoms with E-state index in [1.165, 1.54) is 12.8 Å². The molecule has 13 heavy (non-hydrogen) atoms. The molecule has 2 saturated heterocycles. The minimum atomic E-state index is 0.237. The van der Waals surface area contributed by atoms with Crippen LogP contribution in [0.15, 0.2) is 0 Å². The summed E-state index contributed by atoms with van der Waals surface area (Å²) < 4.78 is 0. The van der Waals surface area contributed by atoms with Crippen molar-refractivity contribution in [3.63, 3.8) is 0 Å². The summed E-state index contributed by atoms with van der Waals surface area (Å²) in [5, 5.41) is 6.46. The largest absolute Gasteiger partial charge is 0.354 e. The first-order chi connectivity index (χ1) is 6.16. The second kappa shape index (κ2) is 3.29. The van der Waals surface area contributed by atoms with Crippen molar-refractivity contribution in [3.8, 4) is 0 Å². The molecule has 2 aliphatic heterocycles. The molecule has 2 bridgehead atoms. The first kappa shape index (κ1) is 9.00. The van der Waals surface area contributed by atoms with E-state index in [9.17, 15) is 4.79 Å². The van der Waals surface area contributed by atoms with Crippen LogP contribution in [0.4, 0.5) is 0 Å². The molecule has 0 unspecified atom stereocenters. The maximum Gasteiger partial charge on any atom is 0.224 e. The maximum atomic E-state index is 11.7. The zero-order valence-electron chi connectivity index (χ0n) is 8.34. The average molecular weight is 182 g/mol. The van der Waals surface area contributed by atoms with Gasteiger partial charge in [-0.05, 0) is 33.1 Å². The quantitative estimate of drug-likeness (QED) is 0.658. The molecule has 1 amide bonds. The van der Waals surface area contributed by atoms with E-state index in [4.69, 9.17) is 0 Å². The van der Waals surface area contributed by atoms with E-state index in [1.54, 1.807) is 0 Å². The minimum Gasteiger partial charge on any atom is -0.354 e. The normalized spacial score (nSPS) is 37.0. The van der Waals surface area contributed by atoms with Gasteiger partial charge in [-0.1, -0.05) is 0 Å². The Kier molecular flexibility index (Phi) is 2.28. The molecule has 2 fully saturated rings. The number of carbonyl (C=O) groups excluding carboxylic acids is 1. The van der Waals surface area contributed by atoms with Crippen LogP contribution < -0.4 is 10.6 Å². The Morgan fingerprint density at radius 1 is 1.46 bits per heavy atom. The van der Waals surface area contributed by atoms with Crippen molar-refractivity contribution in [2.24, 2.45) is 5.92 Å². The molecular formula is C10H18N2O. The Bertz CT molecular complexity index is 215. The molecule has 0 aromatic carbocycles. The number of hydrogen-bond acceptors (Lipinski definition) is 2. The lowest BCUT2D eigenvalue weighted by Gasteiger charge is -2.20. The number of nitrogens with one attached hydrogen (secondary N) is 2. The standard InChI is InChI=1S/C10H18N2O/c1-6(2)11-10(13)8-5-7-3-4-9(8)12-7/h6-9,12H,3-5H2,1-2H3,(H,11,13)/t7-,8+,9+/m1/s1. The van der Waals surface area contributed by atoms with E-state index >= 15 is 0 Å². The van der Waals surface area contributed by atoms with E-state index in [1.807, 2.05) is 13.8 Å². The first-order valence-electron chi connectivity index (χ1n) is 5.23. The van der Waals surface area contributed by atoms with Gasteiger partial charge in [-0.3, -0.25) is 4.79 Å². The third-order valence-corrected chi connectivity index (χ3v) is 3.07. The van der Waals surface area contributed by atoms with Gasteiger partial charge in [-0.15, -0.1) is 0 Å². The van der Waals surface area contributed by atoms with Crippen LogP contribution in [0.25, 0.3) is 0 Å². The van der Waals surface area contributed by atoms with Gasteiger partial charge in [-0.2, -0.15) is 0 Å². The van der Waals surface area contributed by atoms with Gasteiger partial charge in [0.1, 0.15) is 0 Å². The molecule has 0 aromatic heterocycles. The minimum absolute atomic E-state index is 0.237. The number of amides is 1. The Hall–Kier alpha value is -0.570. The fourth-order valence-corrected chi connectivity index (χ4v) is 2.51. The Morgan fingerprint density at radius 3 is 2.69 bits per heavy atom. The lowest BCUT2D eigenvalue weighted by molar-refractivity contribution is -0.126. The molecule has 0 aliphatic carbocycles. The molecule has 74 valence electrons. The van der Waals surface area contributed by atoms with Crippen molar-refractivity contribution >= 4 is 5.91 Å². The fourth-order valence-electron chi connectivity index (χ4n) is 2.51. The predicted molar refractivity (Wildman–Crippen MR) is 51.3 cm³/mol. The van der Waals surface area contributed by atoms with Crippen LogP contribution in [-0.2, 0) is 4.79 Å². The van der Waals surface area contributed by atoms with Crippen LogP contribution in [0.3, 0.4) is 0 Å². The van der Waals surface area contributed by atoms with Crippen molar-refractivity contribution in [1.29, 1.82) is 0 Å². The Balaban J connectivity index is 1.91. The van der Waals surface area contributed by atoms with E-state index in [-0.39, 0.29) is 17.9 Å². The molecule has 3 nitrogen and oxygen atoms in total. The van der Waals surface area contributed by atoms with Crippen molar-refractivity contribution < 1.29 is 4.79 Å². The summed E-state index contributed by atoms with van der Waals surface area (Å²) in [5.74, 6) is 0.482. The highest BCUT2D eigenvalue weighted by Crippen LogP contribution is 2.33. The maximum absolute atomic E-state index is 11.7. The van der Waals surface area contributed by atoms with E-state index in [0.29, 0.717) is 12.1 Å². The van der Waals surface area contributed by atoms with Crippen LogP contribution in [0.5, 0.6) is 0 Å². The van der Waals surface area contributed by atoms with Gasteiger partial charge >= 0.3 is 0 Å². The predicted octanol–water partition coefficient (Wildman–Crippen LogP) is 0.651. The zero-order chi connectivity index (χ0) is 9.42. The third kappa shape index (κ3) is 1.70. The number of rotatable bonds is 2. The van der Waals surface area contributed by atoms with E-state index < -0.39 is 0 Å². The smallest absolute Gasteiger partial charge is 0.224 e. The van der Waals surface area contributed by atoms with Gasteiger partial charge in [0.25, 0.3) is 0 Å². The number of hydrogen-bond donors (Lipinski definition) is 2. The van der Waals surface area contributed by atoms with Crippen molar-refractivity contribution in [1.82, 2.24) is 10.6 Å². The molecule has 2 rings (SSSR count). The van der Waals surface area contributed by atoms with Gasteiger partial charge in [0.2, 0.25) is 5.91 Å². The highest BCUT2D eigenvalue weighted by Gasteiger charge is 2.42. The molecular weight excluding hydrogens is 164 g/mol. The van der Waals surface area contributed by atoms with Gasteiger partial charge in [0.05, 0.1) is 5.92 Å². The summed E-state index contributed by atoms with van der Waals surface area (Å²) in [6.45, 7) is 4.02. The van der Waals surface area contributed by atoms with E-state index in [2.05, 4.69) is 10.6 Å². The molecule has 2 heterocycles. The van der Waals surface area contributed by atoms with Crippen LogP contribution in [-0.4, -0.2) is 24.0 Å². The number of fused-ring (bicyclic) bond motifs is 2. The highest BCUT2D eigenvalue weighted by molar-refractivity contribution is 5.80. The molecule has 3 heteroatoms. The molecule has 2 N–H and O–H groups in total. The number of carbonyl (C=O) groups is 1. The van der Waals surface area contributed by atoms with Crippen LogP contribution in [0.2, 0.25) is 0 Å². The second-order valence-corrected chi connectivity index (χ2v) is 4.55. The van der Waals surface area contributed by atoms with Gasteiger partial charge in [0, 0.05) is 18.1 Å². The SMILES string of the molecule is CC(C)NC(=O)[C@H]1C[C@H]2CC[C@@H]1N2. The first-order valence-corrected chi connectivity index (χ1v) is 5.23. The Morgan fingerprint density at radius 2 is 2.23 bits per heavy atom.